The summed E-state index contributed by atoms with van der Waals surface area (Å²) in [6.45, 7) is 0.839. The van der Waals surface area contributed by atoms with Crippen LogP contribution in [0.25, 0.3) is 0 Å². The second-order valence-electron chi connectivity index (χ2n) is 4.39. The van der Waals surface area contributed by atoms with Gasteiger partial charge < -0.3 is 21.3 Å². The second kappa shape index (κ2) is 12.9. The quantitative estimate of drug-likeness (QED) is 0.444. The van der Waals surface area contributed by atoms with Gasteiger partial charge in [0.25, 0.3) is 0 Å². The molecule has 0 bridgehead atoms. The summed E-state index contributed by atoms with van der Waals surface area (Å²) < 4.78 is 4.70. The van der Waals surface area contributed by atoms with Crippen LogP contribution in [0.4, 0.5) is 4.79 Å². The highest BCUT2D eigenvalue weighted by atomic mass is 35.5. The zero-order valence-electron chi connectivity index (χ0n) is 12.2. The van der Waals surface area contributed by atoms with Crippen molar-refractivity contribution in [2.75, 3.05) is 6.54 Å². The lowest BCUT2D eigenvalue weighted by molar-refractivity contribution is -0.138. The number of halogens is 1. The number of hydrogen-bond acceptors (Lipinski definition) is 5. The lowest BCUT2D eigenvalue weighted by Gasteiger charge is -2.03. The van der Waals surface area contributed by atoms with E-state index in [1.165, 1.54) is 0 Å². The van der Waals surface area contributed by atoms with Gasteiger partial charge in [0.15, 0.2) is 0 Å². The molecule has 0 spiro atoms. The zero-order valence-corrected chi connectivity index (χ0v) is 13.0. The van der Waals surface area contributed by atoms with Crippen molar-refractivity contribution >= 4 is 23.8 Å². The normalized spacial score (nSPS) is 10.9. The predicted molar refractivity (Wildman–Crippen MR) is 84.1 cm³/mol. The van der Waals surface area contributed by atoms with E-state index in [0.29, 0.717) is 13.0 Å². The third-order valence-corrected chi connectivity index (χ3v) is 2.73. The van der Waals surface area contributed by atoms with Gasteiger partial charge in [-0.05, 0) is 24.9 Å². The van der Waals surface area contributed by atoms with Gasteiger partial charge in [-0.25, -0.2) is 9.63 Å². The standard InChI is InChI=1S/C8H8ClNO2.C6H14N2O2/c9-10-8(11)12-6-7-4-2-1-3-5-7;7-4-2-1-3-5(8)6(9)10/h1-5H,6H2,(H,10,11);5H,1-4,7-8H2,(H,9,10)/t;5-/m.0/s1. The number of aliphatic carboxylic acids is 1. The van der Waals surface area contributed by atoms with Crippen molar-refractivity contribution in [1.29, 1.82) is 0 Å². The Balaban J connectivity index is 0.000000409. The maximum absolute atomic E-state index is 10.5. The van der Waals surface area contributed by atoms with Crippen molar-refractivity contribution in [1.82, 2.24) is 4.84 Å². The number of carbonyl (C=O) groups is 2. The molecular weight excluding hydrogens is 310 g/mol. The van der Waals surface area contributed by atoms with E-state index in [-0.39, 0.29) is 6.61 Å². The summed E-state index contributed by atoms with van der Waals surface area (Å²) in [6, 6.07) is 8.65. The fraction of sp³-hybridized carbons (Fsp3) is 0.429. The minimum absolute atomic E-state index is 0.236. The van der Waals surface area contributed by atoms with Crippen molar-refractivity contribution in [3.63, 3.8) is 0 Å². The molecule has 0 saturated heterocycles. The number of unbranched alkanes of at least 4 members (excludes halogenated alkanes) is 1. The first-order valence-corrected chi connectivity index (χ1v) is 7.14. The highest BCUT2D eigenvalue weighted by molar-refractivity contribution is 6.20. The molecule has 22 heavy (non-hydrogen) atoms. The summed E-state index contributed by atoms with van der Waals surface area (Å²) in [4.78, 5) is 22.5. The van der Waals surface area contributed by atoms with E-state index in [4.69, 9.17) is 33.1 Å². The third-order valence-electron chi connectivity index (χ3n) is 2.58. The van der Waals surface area contributed by atoms with Crippen LogP contribution in [-0.4, -0.2) is 29.8 Å². The number of ether oxygens (including phenoxy) is 1. The monoisotopic (exact) mass is 331 g/mol. The molecule has 0 aliphatic rings. The number of nitrogens with one attached hydrogen (secondary N) is 1. The molecule has 0 aromatic heterocycles. The van der Waals surface area contributed by atoms with Crippen LogP contribution in [0, 0.1) is 0 Å². The Labute approximate surface area is 134 Å². The average Bonchev–Trinajstić information content (AvgIpc) is 2.54. The molecule has 1 atom stereocenters. The molecule has 7 nitrogen and oxygen atoms in total. The molecule has 0 saturated carbocycles. The highest BCUT2D eigenvalue weighted by Crippen LogP contribution is 2.00. The number of rotatable bonds is 7. The number of carbonyl (C=O) groups excluding carboxylic acids is 1. The van der Waals surface area contributed by atoms with Gasteiger partial charge >= 0.3 is 12.1 Å². The van der Waals surface area contributed by atoms with Crippen LogP contribution in [0.5, 0.6) is 0 Å². The Kier molecular flexibility index (Phi) is 11.8. The van der Waals surface area contributed by atoms with Crippen molar-refractivity contribution < 1.29 is 19.4 Å². The highest BCUT2D eigenvalue weighted by Gasteiger charge is 2.09. The number of benzene rings is 1. The molecule has 0 radical (unpaired) electrons. The van der Waals surface area contributed by atoms with Crippen molar-refractivity contribution in [2.24, 2.45) is 11.5 Å². The van der Waals surface area contributed by atoms with Crippen LogP contribution in [0.15, 0.2) is 30.3 Å². The Morgan fingerprint density at radius 1 is 1.27 bits per heavy atom. The zero-order chi connectivity index (χ0) is 16.8. The van der Waals surface area contributed by atoms with Crippen LogP contribution < -0.4 is 16.3 Å². The molecule has 1 aromatic carbocycles. The Morgan fingerprint density at radius 3 is 2.41 bits per heavy atom. The van der Waals surface area contributed by atoms with E-state index in [1.807, 2.05) is 35.2 Å². The summed E-state index contributed by atoms with van der Waals surface area (Å²) in [7, 11) is 0. The van der Waals surface area contributed by atoms with E-state index in [2.05, 4.69) is 0 Å². The second-order valence-corrected chi connectivity index (χ2v) is 4.57. The summed E-state index contributed by atoms with van der Waals surface area (Å²) in [5, 5.41) is 8.33. The van der Waals surface area contributed by atoms with E-state index < -0.39 is 18.1 Å². The average molecular weight is 332 g/mol. The van der Waals surface area contributed by atoms with Gasteiger partial charge in [0.1, 0.15) is 12.6 Å². The first-order chi connectivity index (χ1) is 10.5. The molecule has 8 heteroatoms. The van der Waals surface area contributed by atoms with Gasteiger partial charge in [-0.3, -0.25) is 4.79 Å². The minimum atomic E-state index is -0.933. The lowest BCUT2D eigenvalue weighted by Crippen LogP contribution is -2.29. The Bertz CT molecular complexity index is 431. The van der Waals surface area contributed by atoms with E-state index in [0.717, 1.165) is 18.4 Å². The van der Waals surface area contributed by atoms with Gasteiger partial charge in [0.2, 0.25) is 0 Å². The smallest absolute Gasteiger partial charge is 0.422 e. The van der Waals surface area contributed by atoms with Gasteiger partial charge in [0.05, 0.1) is 0 Å². The van der Waals surface area contributed by atoms with Crippen LogP contribution in [-0.2, 0) is 16.1 Å². The van der Waals surface area contributed by atoms with Crippen LogP contribution >= 0.6 is 11.8 Å². The SMILES string of the molecule is NCCCC[C@H](N)C(=O)O.O=C(NCl)OCc1ccccc1. The summed E-state index contributed by atoms with van der Waals surface area (Å²) in [6.07, 6.45) is 1.53. The molecule has 0 fully saturated rings. The fourth-order valence-electron chi connectivity index (χ4n) is 1.38. The number of hydrogen-bond donors (Lipinski definition) is 4. The molecule has 1 rings (SSSR count). The molecule has 1 aromatic rings. The van der Waals surface area contributed by atoms with Crippen molar-refractivity contribution in [2.45, 2.75) is 31.9 Å². The molecule has 0 aliphatic heterocycles. The maximum atomic E-state index is 10.5. The van der Waals surface area contributed by atoms with Crippen LogP contribution in [0.1, 0.15) is 24.8 Å². The first-order valence-electron chi connectivity index (χ1n) is 6.77. The molecule has 0 aliphatic carbocycles. The summed E-state index contributed by atoms with van der Waals surface area (Å²) >= 11 is 4.99. The molecule has 0 unspecified atom stereocenters. The third kappa shape index (κ3) is 10.9. The molecular formula is C14H22ClN3O4. The Hall–Kier alpha value is -1.83. The Morgan fingerprint density at radius 2 is 1.91 bits per heavy atom. The van der Waals surface area contributed by atoms with Crippen LogP contribution in [0.3, 0.4) is 0 Å². The number of nitrogens with two attached hydrogens (primary N) is 2. The lowest BCUT2D eigenvalue weighted by atomic mass is 10.1. The largest absolute Gasteiger partial charge is 0.480 e. The first kappa shape index (κ1) is 20.2. The van der Waals surface area contributed by atoms with Gasteiger partial charge in [-0.1, -0.05) is 36.8 Å². The van der Waals surface area contributed by atoms with Gasteiger partial charge in [-0.2, -0.15) is 0 Å². The van der Waals surface area contributed by atoms with Crippen molar-refractivity contribution in [3.8, 4) is 0 Å². The predicted octanol–water partition coefficient (Wildman–Crippen LogP) is 1.59. The minimum Gasteiger partial charge on any atom is -0.480 e. The van der Waals surface area contributed by atoms with E-state index in [1.54, 1.807) is 0 Å². The molecule has 6 N–H and O–H groups in total. The van der Waals surface area contributed by atoms with Gasteiger partial charge in [0, 0.05) is 11.8 Å². The van der Waals surface area contributed by atoms with Crippen molar-refractivity contribution in [3.05, 3.63) is 35.9 Å². The summed E-state index contributed by atoms with van der Waals surface area (Å²) in [5.74, 6) is -0.933. The number of carboxylic acids is 1. The topological polar surface area (TPSA) is 128 Å². The maximum Gasteiger partial charge on any atom is 0.422 e. The van der Waals surface area contributed by atoms with Gasteiger partial charge in [-0.15, -0.1) is 0 Å². The summed E-state index contributed by atoms with van der Waals surface area (Å²) in [5.41, 5.74) is 11.3. The molecule has 0 heterocycles. The van der Waals surface area contributed by atoms with Crippen LogP contribution in [0.2, 0.25) is 0 Å². The number of carboxylic acid groups (broad SMARTS) is 1. The fourth-order valence-corrected chi connectivity index (χ4v) is 1.44. The van der Waals surface area contributed by atoms with E-state index >= 15 is 0 Å². The number of amides is 1. The molecule has 124 valence electrons. The molecule has 1 amide bonds. The van der Waals surface area contributed by atoms with E-state index in [9.17, 15) is 9.59 Å².